The molecule has 0 atom stereocenters. The van der Waals surface area contributed by atoms with E-state index in [1.807, 2.05) is 13.0 Å². The standard InChI is InChI=1S/C9H13NO/c1-4-6-7-8(5-2)9(11)10-3/h4-7H,2H2,1,3H3,(H,10,11). The first-order chi connectivity index (χ1) is 5.26. The maximum atomic E-state index is 11.0. The summed E-state index contributed by atoms with van der Waals surface area (Å²) in [5.74, 6) is -0.113. The Morgan fingerprint density at radius 2 is 2.18 bits per heavy atom. The smallest absolute Gasteiger partial charge is 0.250 e. The predicted octanol–water partition coefficient (Wildman–Crippen LogP) is 1.42. The average Bonchev–Trinajstić information content (AvgIpc) is 2.05. The molecule has 60 valence electrons. The van der Waals surface area contributed by atoms with Gasteiger partial charge in [-0.15, -0.1) is 0 Å². The van der Waals surface area contributed by atoms with E-state index in [1.165, 1.54) is 6.08 Å². The van der Waals surface area contributed by atoms with E-state index in [0.717, 1.165) is 0 Å². The molecular weight excluding hydrogens is 138 g/mol. The quantitative estimate of drug-likeness (QED) is 0.479. The van der Waals surface area contributed by atoms with Crippen LogP contribution >= 0.6 is 0 Å². The van der Waals surface area contributed by atoms with Gasteiger partial charge >= 0.3 is 0 Å². The monoisotopic (exact) mass is 151 g/mol. The number of carbonyl (C=O) groups is 1. The molecule has 0 unspecified atom stereocenters. The van der Waals surface area contributed by atoms with Crippen LogP contribution in [0.25, 0.3) is 0 Å². The fourth-order valence-electron chi connectivity index (χ4n) is 0.581. The van der Waals surface area contributed by atoms with Gasteiger partial charge in [-0.05, 0) is 13.0 Å². The van der Waals surface area contributed by atoms with Gasteiger partial charge in [0.25, 0.3) is 5.91 Å². The Morgan fingerprint density at radius 1 is 1.55 bits per heavy atom. The van der Waals surface area contributed by atoms with Crippen LogP contribution in [-0.2, 0) is 4.79 Å². The second-order valence-electron chi connectivity index (χ2n) is 1.93. The van der Waals surface area contributed by atoms with Gasteiger partial charge in [0.05, 0.1) is 0 Å². The van der Waals surface area contributed by atoms with Gasteiger partial charge in [-0.1, -0.05) is 24.8 Å². The second kappa shape index (κ2) is 5.47. The van der Waals surface area contributed by atoms with E-state index in [2.05, 4.69) is 11.9 Å². The molecular formula is C9H13NO. The van der Waals surface area contributed by atoms with Crippen LogP contribution in [0.5, 0.6) is 0 Å². The van der Waals surface area contributed by atoms with Gasteiger partial charge in [0.15, 0.2) is 0 Å². The third-order valence-electron chi connectivity index (χ3n) is 1.18. The van der Waals surface area contributed by atoms with Crippen LogP contribution in [0.15, 0.2) is 36.5 Å². The molecule has 0 aliphatic carbocycles. The van der Waals surface area contributed by atoms with Gasteiger partial charge in [-0.3, -0.25) is 4.79 Å². The van der Waals surface area contributed by atoms with Crippen molar-refractivity contribution in [3.05, 3.63) is 36.5 Å². The summed E-state index contributed by atoms with van der Waals surface area (Å²) in [7, 11) is 1.59. The van der Waals surface area contributed by atoms with Crippen LogP contribution < -0.4 is 5.32 Å². The summed E-state index contributed by atoms with van der Waals surface area (Å²) in [6, 6.07) is 0. The molecule has 0 saturated carbocycles. The highest BCUT2D eigenvalue weighted by atomic mass is 16.1. The van der Waals surface area contributed by atoms with Crippen LogP contribution in [0, 0.1) is 0 Å². The number of carbonyl (C=O) groups excluding carboxylic acids is 1. The minimum atomic E-state index is -0.113. The van der Waals surface area contributed by atoms with E-state index in [9.17, 15) is 4.79 Å². The van der Waals surface area contributed by atoms with E-state index >= 15 is 0 Å². The van der Waals surface area contributed by atoms with Gasteiger partial charge < -0.3 is 5.32 Å². The van der Waals surface area contributed by atoms with Gasteiger partial charge in [0.2, 0.25) is 0 Å². The van der Waals surface area contributed by atoms with Crippen molar-refractivity contribution in [2.24, 2.45) is 0 Å². The zero-order valence-corrected chi connectivity index (χ0v) is 6.92. The molecule has 0 heterocycles. The number of likely N-dealkylation sites (N-methyl/N-ethyl adjacent to an activating group) is 1. The zero-order valence-electron chi connectivity index (χ0n) is 6.92. The predicted molar refractivity (Wildman–Crippen MR) is 47.2 cm³/mol. The number of amides is 1. The Morgan fingerprint density at radius 3 is 2.55 bits per heavy atom. The van der Waals surface area contributed by atoms with E-state index in [0.29, 0.717) is 5.57 Å². The summed E-state index contributed by atoms with van der Waals surface area (Å²) in [5.41, 5.74) is 0.575. The number of hydrogen-bond donors (Lipinski definition) is 1. The molecule has 0 aromatic heterocycles. The van der Waals surface area contributed by atoms with Crippen molar-refractivity contribution < 1.29 is 4.79 Å². The normalized spacial score (nSPS) is 11.6. The first-order valence-electron chi connectivity index (χ1n) is 3.43. The van der Waals surface area contributed by atoms with Crippen molar-refractivity contribution in [1.29, 1.82) is 0 Å². The van der Waals surface area contributed by atoms with E-state index in [-0.39, 0.29) is 5.91 Å². The minimum absolute atomic E-state index is 0.113. The molecule has 0 rings (SSSR count). The molecule has 0 saturated heterocycles. The Labute approximate surface area is 67.3 Å². The molecule has 0 fully saturated rings. The number of allylic oxidation sites excluding steroid dienone is 3. The van der Waals surface area contributed by atoms with Crippen molar-refractivity contribution in [3.8, 4) is 0 Å². The van der Waals surface area contributed by atoms with Crippen molar-refractivity contribution in [1.82, 2.24) is 5.32 Å². The molecule has 0 spiro atoms. The molecule has 0 aliphatic rings. The highest BCUT2D eigenvalue weighted by Crippen LogP contribution is 1.95. The Balaban J connectivity index is 4.38. The lowest BCUT2D eigenvalue weighted by molar-refractivity contribution is -0.116. The third-order valence-corrected chi connectivity index (χ3v) is 1.18. The average molecular weight is 151 g/mol. The SMILES string of the molecule is C=CC(=CC=CC)C(=O)NC. The van der Waals surface area contributed by atoms with Crippen LogP contribution in [0.4, 0.5) is 0 Å². The molecule has 0 aliphatic heterocycles. The molecule has 0 aromatic rings. The maximum absolute atomic E-state index is 11.0. The Kier molecular flexibility index (Phi) is 4.82. The molecule has 1 amide bonds. The lowest BCUT2D eigenvalue weighted by atomic mass is 10.2. The van der Waals surface area contributed by atoms with Gasteiger partial charge in [-0.2, -0.15) is 0 Å². The van der Waals surface area contributed by atoms with Gasteiger partial charge in [0, 0.05) is 12.6 Å². The lowest BCUT2D eigenvalue weighted by Gasteiger charge is -1.96. The summed E-state index contributed by atoms with van der Waals surface area (Å²) in [6.45, 7) is 5.41. The number of nitrogens with one attached hydrogen (secondary N) is 1. The number of rotatable bonds is 3. The fraction of sp³-hybridized carbons (Fsp3) is 0.222. The molecule has 0 bridgehead atoms. The largest absolute Gasteiger partial charge is 0.355 e. The molecule has 2 heteroatoms. The zero-order chi connectivity index (χ0) is 8.69. The van der Waals surface area contributed by atoms with Gasteiger partial charge in [-0.25, -0.2) is 0 Å². The highest BCUT2D eigenvalue weighted by Gasteiger charge is 1.98. The van der Waals surface area contributed by atoms with Crippen molar-refractivity contribution in [3.63, 3.8) is 0 Å². The lowest BCUT2D eigenvalue weighted by Crippen LogP contribution is -2.18. The Hall–Kier alpha value is -1.31. The summed E-state index contributed by atoms with van der Waals surface area (Å²) in [4.78, 5) is 11.0. The first kappa shape index (κ1) is 9.69. The summed E-state index contributed by atoms with van der Waals surface area (Å²) in [6.07, 6.45) is 6.89. The van der Waals surface area contributed by atoms with Crippen molar-refractivity contribution in [2.45, 2.75) is 6.92 Å². The fourth-order valence-corrected chi connectivity index (χ4v) is 0.581. The van der Waals surface area contributed by atoms with Gasteiger partial charge in [0.1, 0.15) is 0 Å². The summed E-state index contributed by atoms with van der Waals surface area (Å²) in [5, 5.41) is 2.51. The Bertz CT molecular complexity index is 202. The number of hydrogen-bond acceptors (Lipinski definition) is 1. The topological polar surface area (TPSA) is 29.1 Å². The second-order valence-corrected chi connectivity index (χ2v) is 1.93. The first-order valence-corrected chi connectivity index (χ1v) is 3.43. The summed E-state index contributed by atoms with van der Waals surface area (Å²) >= 11 is 0. The van der Waals surface area contributed by atoms with E-state index in [1.54, 1.807) is 19.2 Å². The molecule has 11 heavy (non-hydrogen) atoms. The molecule has 0 aromatic carbocycles. The third kappa shape index (κ3) is 3.40. The van der Waals surface area contributed by atoms with Crippen LogP contribution in [-0.4, -0.2) is 13.0 Å². The molecule has 0 radical (unpaired) electrons. The molecule has 1 N–H and O–H groups in total. The van der Waals surface area contributed by atoms with Crippen molar-refractivity contribution >= 4 is 5.91 Å². The molecule has 2 nitrogen and oxygen atoms in total. The highest BCUT2D eigenvalue weighted by molar-refractivity contribution is 5.96. The van der Waals surface area contributed by atoms with E-state index in [4.69, 9.17) is 0 Å². The van der Waals surface area contributed by atoms with Crippen LogP contribution in [0.1, 0.15) is 6.92 Å². The van der Waals surface area contributed by atoms with E-state index < -0.39 is 0 Å². The van der Waals surface area contributed by atoms with Crippen molar-refractivity contribution in [2.75, 3.05) is 7.05 Å². The summed E-state index contributed by atoms with van der Waals surface area (Å²) < 4.78 is 0. The van der Waals surface area contributed by atoms with Crippen LogP contribution in [0.3, 0.4) is 0 Å². The van der Waals surface area contributed by atoms with Crippen LogP contribution in [0.2, 0.25) is 0 Å². The minimum Gasteiger partial charge on any atom is -0.355 e. The maximum Gasteiger partial charge on any atom is 0.250 e.